The molecule has 0 unspecified atom stereocenters. The average molecular weight is 243 g/mol. The Hall–Kier alpha value is -1.40. The zero-order valence-electron chi connectivity index (χ0n) is 7.53. The molecule has 5 nitrogen and oxygen atoms in total. The Labute approximate surface area is 94.5 Å². The van der Waals surface area contributed by atoms with Crippen LogP contribution in [0.4, 0.5) is 0 Å². The van der Waals surface area contributed by atoms with Gasteiger partial charge in [0.05, 0.1) is 10.9 Å². The van der Waals surface area contributed by atoms with E-state index < -0.39 is 0 Å². The first kappa shape index (κ1) is 10.1. The molecule has 15 heavy (non-hydrogen) atoms. The molecule has 0 radical (unpaired) electrons. The Morgan fingerprint density at radius 2 is 2.47 bits per heavy atom. The van der Waals surface area contributed by atoms with Crippen LogP contribution in [0.15, 0.2) is 18.5 Å². The van der Waals surface area contributed by atoms with Crippen LogP contribution in [0.1, 0.15) is 15.5 Å². The number of hydrogen-bond acceptors (Lipinski definition) is 4. The van der Waals surface area contributed by atoms with E-state index in [1.165, 1.54) is 17.7 Å². The first-order chi connectivity index (χ1) is 7.25. The minimum Gasteiger partial charge on any atom is -0.344 e. The van der Waals surface area contributed by atoms with Crippen molar-refractivity contribution in [2.45, 2.75) is 6.54 Å². The molecule has 0 aliphatic carbocycles. The van der Waals surface area contributed by atoms with Crippen LogP contribution in [0, 0.1) is 0 Å². The van der Waals surface area contributed by atoms with Gasteiger partial charge in [0.15, 0.2) is 0 Å². The SMILES string of the molecule is O=C(NCc1ccc(Cl)s1)c1ncn[nH]1. The van der Waals surface area contributed by atoms with Gasteiger partial charge in [-0.1, -0.05) is 11.6 Å². The normalized spacial score (nSPS) is 10.2. The molecule has 1 amide bonds. The smallest absolute Gasteiger partial charge is 0.288 e. The molecule has 0 atom stereocenters. The molecule has 0 fully saturated rings. The lowest BCUT2D eigenvalue weighted by molar-refractivity contribution is 0.0941. The molecule has 0 aromatic carbocycles. The Balaban J connectivity index is 1.91. The fourth-order valence-electron chi connectivity index (χ4n) is 1.01. The second kappa shape index (κ2) is 4.41. The second-order valence-corrected chi connectivity index (χ2v) is 4.52. The van der Waals surface area contributed by atoms with Crippen LogP contribution in [-0.2, 0) is 6.54 Å². The predicted molar refractivity (Wildman–Crippen MR) is 56.9 cm³/mol. The van der Waals surface area contributed by atoms with Crippen molar-refractivity contribution >= 4 is 28.8 Å². The van der Waals surface area contributed by atoms with Crippen molar-refractivity contribution in [2.75, 3.05) is 0 Å². The number of carbonyl (C=O) groups is 1. The number of hydrogen-bond donors (Lipinski definition) is 2. The molecule has 0 aliphatic rings. The largest absolute Gasteiger partial charge is 0.344 e. The van der Waals surface area contributed by atoms with E-state index in [9.17, 15) is 4.79 Å². The molecule has 0 bridgehead atoms. The van der Waals surface area contributed by atoms with Crippen LogP contribution in [0.2, 0.25) is 4.34 Å². The second-order valence-electron chi connectivity index (χ2n) is 2.72. The van der Waals surface area contributed by atoms with E-state index in [0.717, 1.165) is 4.88 Å². The van der Waals surface area contributed by atoms with E-state index in [0.29, 0.717) is 10.9 Å². The van der Waals surface area contributed by atoms with Crippen molar-refractivity contribution in [2.24, 2.45) is 0 Å². The van der Waals surface area contributed by atoms with Crippen molar-refractivity contribution in [3.63, 3.8) is 0 Å². The van der Waals surface area contributed by atoms with Crippen LogP contribution in [0.3, 0.4) is 0 Å². The van der Waals surface area contributed by atoms with Crippen molar-refractivity contribution in [1.29, 1.82) is 0 Å². The standard InChI is InChI=1S/C8H7ClN4OS/c9-6-2-1-5(15-6)3-10-8(14)7-11-4-12-13-7/h1-2,4H,3H2,(H,10,14)(H,11,12,13). The first-order valence-electron chi connectivity index (χ1n) is 4.13. The maximum absolute atomic E-state index is 11.4. The highest BCUT2D eigenvalue weighted by Gasteiger charge is 2.08. The molecule has 0 saturated heterocycles. The summed E-state index contributed by atoms with van der Waals surface area (Å²) < 4.78 is 0.707. The molecule has 0 aliphatic heterocycles. The fraction of sp³-hybridized carbons (Fsp3) is 0.125. The van der Waals surface area contributed by atoms with Gasteiger partial charge in [-0.2, -0.15) is 5.10 Å². The fourth-order valence-corrected chi connectivity index (χ4v) is 2.04. The summed E-state index contributed by atoms with van der Waals surface area (Å²) in [6, 6.07) is 3.66. The number of nitrogens with zero attached hydrogens (tertiary/aromatic N) is 2. The average Bonchev–Trinajstić information content (AvgIpc) is 2.84. The lowest BCUT2D eigenvalue weighted by Crippen LogP contribution is -2.23. The summed E-state index contributed by atoms with van der Waals surface area (Å²) in [5.41, 5.74) is 0. The van der Waals surface area contributed by atoms with E-state index in [1.807, 2.05) is 6.07 Å². The minimum absolute atomic E-state index is 0.206. The Kier molecular flexibility index (Phi) is 2.98. The van der Waals surface area contributed by atoms with E-state index in [4.69, 9.17) is 11.6 Å². The zero-order chi connectivity index (χ0) is 10.7. The summed E-state index contributed by atoms with van der Waals surface area (Å²) in [5.74, 6) is -0.0744. The van der Waals surface area contributed by atoms with Crippen LogP contribution in [0.5, 0.6) is 0 Å². The highest BCUT2D eigenvalue weighted by molar-refractivity contribution is 7.16. The van der Waals surface area contributed by atoms with Gasteiger partial charge in [-0.05, 0) is 12.1 Å². The van der Waals surface area contributed by atoms with Crippen LogP contribution in [0.25, 0.3) is 0 Å². The van der Waals surface area contributed by atoms with Gasteiger partial charge >= 0.3 is 0 Å². The van der Waals surface area contributed by atoms with Crippen molar-refractivity contribution in [1.82, 2.24) is 20.5 Å². The van der Waals surface area contributed by atoms with Gasteiger partial charge in [-0.25, -0.2) is 4.98 Å². The van der Waals surface area contributed by atoms with Crippen molar-refractivity contribution in [3.05, 3.63) is 33.5 Å². The minimum atomic E-state index is -0.281. The first-order valence-corrected chi connectivity index (χ1v) is 5.33. The number of aromatic amines is 1. The molecule has 2 heterocycles. The number of amides is 1. The third-order valence-electron chi connectivity index (χ3n) is 1.68. The number of H-pyrrole nitrogens is 1. The number of rotatable bonds is 3. The number of thiophene rings is 1. The van der Waals surface area contributed by atoms with Gasteiger partial charge in [0, 0.05) is 4.88 Å². The number of carbonyl (C=O) groups excluding carboxylic acids is 1. The maximum atomic E-state index is 11.4. The van der Waals surface area contributed by atoms with Crippen molar-refractivity contribution in [3.8, 4) is 0 Å². The summed E-state index contributed by atoms with van der Waals surface area (Å²) in [4.78, 5) is 16.1. The van der Waals surface area contributed by atoms with E-state index in [1.54, 1.807) is 6.07 Å². The Bertz CT molecular complexity index is 453. The van der Waals surface area contributed by atoms with Crippen LogP contribution < -0.4 is 5.32 Å². The summed E-state index contributed by atoms with van der Waals surface area (Å²) in [6.45, 7) is 0.441. The Morgan fingerprint density at radius 3 is 3.07 bits per heavy atom. The molecule has 2 aromatic rings. The van der Waals surface area contributed by atoms with E-state index in [-0.39, 0.29) is 11.7 Å². The topological polar surface area (TPSA) is 70.7 Å². The monoisotopic (exact) mass is 242 g/mol. The molecule has 2 N–H and O–H groups in total. The lowest BCUT2D eigenvalue weighted by atomic mass is 10.4. The molecule has 0 saturated carbocycles. The lowest BCUT2D eigenvalue weighted by Gasteiger charge is -1.99. The molecule has 78 valence electrons. The summed E-state index contributed by atoms with van der Waals surface area (Å²) in [6.07, 6.45) is 1.29. The van der Waals surface area contributed by atoms with Crippen LogP contribution >= 0.6 is 22.9 Å². The number of halogens is 1. The highest BCUT2D eigenvalue weighted by Crippen LogP contribution is 2.20. The van der Waals surface area contributed by atoms with E-state index in [2.05, 4.69) is 20.5 Å². The summed E-state index contributed by atoms with van der Waals surface area (Å²) in [7, 11) is 0. The van der Waals surface area contributed by atoms with E-state index >= 15 is 0 Å². The van der Waals surface area contributed by atoms with Gasteiger partial charge < -0.3 is 5.32 Å². The predicted octanol–water partition coefficient (Wildman–Crippen LogP) is 1.45. The number of aromatic nitrogens is 3. The third-order valence-corrected chi connectivity index (χ3v) is 2.91. The summed E-state index contributed by atoms with van der Waals surface area (Å²) >= 11 is 7.18. The molecule has 2 rings (SSSR count). The number of nitrogens with one attached hydrogen (secondary N) is 2. The Morgan fingerprint density at radius 1 is 1.60 bits per heavy atom. The quantitative estimate of drug-likeness (QED) is 0.856. The molecular formula is C8H7ClN4OS. The molecular weight excluding hydrogens is 236 g/mol. The third kappa shape index (κ3) is 2.54. The summed E-state index contributed by atoms with van der Waals surface area (Å²) in [5, 5.41) is 8.76. The molecule has 0 spiro atoms. The van der Waals surface area contributed by atoms with Gasteiger partial charge in [0.25, 0.3) is 5.91 Å². The van der Waals surface area contributed by atoms with Gasteiger partial charge in [-0.3, -0.25) is 9.89 Å². The van der Waals surface area contributed by atoms with Crippen molar-refractivity contribution < 1.29 is 4.79 Å². The van der Waals surface area contributed by atoms with Gasteiger partial charge in [-0.15, -0.1) is 11.3 Å². The zero-order valence-corrected chi connectivity index (χ0v) is 9.10. The maximum Gasteiger partial charge on any atom is 0.288 e. The van der Waals surface area contributed by atoms with Gasteiger partial charge in [0.1, 0.15) is 6.33 Å². The van der Waals surface area contributed by atoms with Crippen LogP contribution in [-0.4, -0.2) is 21.1 Å². The highest BCUT2D eigenvalue weighted by atomic mass is 35.5. The van der Waals surface area contributed by atoms with Gasteiger partial charge in [0.2, 0.25) is 5.82 Å². The molecule has 2 aromatic heterocycles. The molecule has 7 heteroatoms.